The van der Waals surface area contributed by atoms with Crippen LogP contribution >= 0.6 is 0 Å². The van der Waals surface area contributed by atoms with Gasteiger partial charge in [0.1, 0.15) is 6.23 Å². The summed E-state index contributed by atoms with van der Waals surface area (Å²) >= 11 is 0. The summed E-state index contributed by atoms with van der Waals surface area (Å²) in [7, 11) is 0. The van der Waals surface area contributed by atoms with Crippen LogP contribution in [0.1, 0.15) is 13.3 Å². The van der Waals surface area contributed by atoms with Crippen LogP contribution in [0, 0.1) is 5.92 Å². The van der Waals surface area contributed by atoms with Gasteiger partial charge in [0, 0.05) is 13.0 Å². The number of ether oxygens (including phenoxy) is 1. The molecule has 0 saturated carbocycles. The first-order valence-electron chi connectivity index (χ1n) is 3.82. The second kappa shape index (κ2) is 3.69. The second-order valence-corrected chi connectivity index (χ2v) is 2.61. The molecule has 1 saturated heterocycles. The van der Waals surface area contributed by atoms with Crippen molar-refractivity contribution in [2.75, 3.05) is 13.2 Å². The summed E-state index contributed by atoms with van der Waals surface area (Å²) in [5.41, 5.74) is 0. The summed E-state index contributed by atoms with van der Waals surface area (Å²) in [5, 5.41) is 11.8. The van der Waals surface area contributed by atoms with Gasteiger partial charge in [-0.25, -0.2) is 0 Å². The van der Waals surface area contributed by atoms with Gasteiger partial charge in [0.15, 0.2) is 0 Å². The van der Waals surface area contributed by atoms with Crippen LogP contribution < -0.4 is 5.32 Å². The molecule has 0 aromatic heterocycles. The van der Waals surface area contributed by atoms with Crippen molar-refractivity contribution in [3.8, 4) is 0 Å². The van der Waals surface area contributed by atoms with E-state index in [1.165, 1.54) is 0 Å². The van der Waals surface area contributed by atoms with Crippen LogP contribution in [-0.2, 0) is 9.53 Å². The van der Waals surface area contributed by atoms with Gasteiger partial charge in [0.2, 0.25) is 0 Å². The molecular formula is C7H13NO3. The van der Waals surface area contributed by atoms with Gasteiger partial charge in [-0.2, -0.15) is 0 Å². The summed E-state index contributed by atoms with van der Waals surface area (Å²) in [6.07, 6.45) is -0.0665. The van der Waals surface area contributed by atoms with E-state index in [-0.39, 0.29) is 11.9 Å². The van der Waals surface area contributed by atoms with Crippen molar-refractivity contribution in [1.29, 1.82) is 0 Å². The standard InChI is InChI=1S/C7H13NO3/c1-2-11-7(10)5-3-6(9)8-4-5/h5-6,8-9H,2-4H2,1H3. The molecule has 0 spiro atoms. The molecule has 0 aromatic carbocycles. The maximum atomic E-state index is 11.0. The monoisotopic (exact) mass is 159 g/mol. The molecule has 0 amide bonds. The molecule has 4 nitrogen and oxygen atoms in total. The zero-order valence-corrected chi connectivity index (χ0v) is 6.54. The van der Waals surface area contributed by atoms with Crippen molar-refractivity contribution >= 4 is 5.97 Å². The smallest absolute Gasteiger partial charge is 0.310 e. The molecule has 1 aliphatic rings. The molecule has 0 radical (unpaired) electrons. The van der Waals surface area contributed by atoms with Crippen LogP contribution in [0.4, 0.5) is 0 Å². The fourth-order valence-corrected chi connectivity index (χ4v) is 1.15. The van der Waals surface area contributed by atoms with E-state index in [0.717, 1.165) is 0 Å². The Morgan fingerprint density at radius 2 is 2.55 bits per heavy atom. The first-order chi connectivity index (χ1) is 5.24. The predicted molar refractivity (Wildman–Crippen MR) is 38.7 cm³/mol. The highest BCUT2D eigenvalue weighted by Crippen LogP contribution is 2.13. The molecule has 4 heteroatoms. The predicted octanol–water partition coefficient (Wildman–Crippen LogP) is -0.523. The third kappa shape index (κ3) is 2.17. The number of hydrogen-bond donors (Lipinski definition) is 2. The van der Waals surface area contributed by atoms with Crippen LogP contribution in [0.3, 0.4) is 0 Å². The molecule has 2 N–H and O–H groups in total. The molecule has 2 unspecified atom stereocenters. The maximum Gasteiger partial charge on any atom is 0.310 e. The zero-order chi connectivity index (χ0) is 8.27. The van der Waals surface area contributed by atoms with Crippen LogP contribution in [0.2, 0.25) is 0 Å². The first-order valence-corrected chi connectivity index (χ1v) is 3.82. The topological polar surface area (TPSA) is 58.6 Å². The van der Waals surface area contributed by atoms with Gasteiger partial charge < -0.3 is 9.84 Å². The number of hydrogen-bond acceptors (Lipinski definition) is 4. The van der Waals surface area contributed by atoms with E-state index < -0.39 is 6.23 Å². The number of nitrogens with one attached hydrogen (secondary N) is 1. The number of esters is 1. The Balaban J connectivity index is 2.31. The third-order valence-corrected chi connectivity index (χ3v) is 1.73. The fraction of sp³-hybridized carbons (Fsp3) is 0.857. The Hall–Kier alpha value is -0.610. The minimum Gasteiger partial charge on any atom is -0.466 e. The van der Waals surface area contributed by atoms with Crippen LogP contribution in [-0.4, -0.2) is 30.5 Å². The largest absolute Gasteiger partial charge is 0.466 e. The second-order valence-electron chi connectivity index (χ2n) is 2.61. The lowest BCUT2D eigenvalue weighted by Gasteiger charge is -2.05. The van der Waals surface area contributed by atoms with E-state index in [1.54, 1.807) is 6.92 Å². The van der Waals surface area contributed by atoms with Crippen molar-refractivity contribution in [2.45, 2.75) is 19.6 Å². The maximum absolute atomic E-state index is 11.0. The molecule has 0 bridgehead atoms. The summed E-state index contributed by atoms with van der Waals surface area (Å²) in [6, 6.07) is 0. The lowest BCUT2D eigenvalue weighted by Crippen LogP contribution is -2.21. The number of aliphatic hydroxyl groups is 1. The van der Waals surface area contributed by atoms with Crippen LogP contribution in [0.25, 0.3) is 0 Å². The van der Waals surface area contributed by atoms with Gasteiger partial charge in [-0.15, -0.1) is 0 Å². The highest BCUT2D eigenvalue weighted by atomic mass is 16.5. The van der Waals surface area contributed by atoms with Gasteiger partial charge in [0.25, 0.3) is 0 Å². The van der Waals surface area contributed by atoms with Gasteiger partial charge in [0.05, 0.1) is 12.5 Å². The minimum absolute atomic E-state index is 0.162. The quantitative estimate of drug-likeness (QED) is 0.532. The molecule has 1 aliphatic heterocycles. The molecule has 1 heterocycles. The summed E-state index contributed by atoms with van der Waals surface area (Å²) in [6.45, 7) is 2.71. The van der Waals surface area contributed by atoms with E-state index in [0.29, 0.717) is 19.6 Å². The Labute approximate surface area is 65.5 Å². The van der Waals surface area contributed by atoms with Gasteiger partial charge in [-0.3, -0.25) is 10.1 Å². The van der Waals surface area contributed by atoms with Crippen molar-refractivity contribution in [3.05, 3.63) is 0 Å². The molecule has 1 rings (SSSR count). The summed E-state index contributed by atoms with van der Waals surface area (Å²) in [4.78, 5) is 11.0. The lowest BCUT2D eigenvalue weighted by atomic mass is 10.1. The van der Waals surface area contributed by atoms with Gasteiger partial charge in [-0.05, 0) is 6.92 Å². The highest BCUT2D eigenvalue weighted by molar-refractivity contribution is 5.73. The third-order valence-electron chi connectivity index (χ3n) is 1.73. The Morgan fingerprint density at radius 1 is 1.82 bits per heavy atom. The van der Waals surface area contributed by atoms with E-state index in [1.807, 2.05) is 0 Å². The normalized spacial score (nSPS) is 30.4. The average Bonchev–Trinajstić information content (AvgIpc) is 2.36. The molecular weight excluding hydrogens is 146 g/mol. The Bertz CT molecular complexity index is 149. The molecule has 2 atom stereocenters. The van der Waals surface area contributed by atoms with Crippen LogP contribution in [0.5, 0.6) is 0 Å². The highest BCUT2D eigenvalue weighted by Gasteiger charge is 2.28. The Morgan fingerprint density at radius 3 is 3.00 bits per heavy atom. The van der Waals surface area contributed by atoms with Gasteiger partial charge >= 0.3 is 5.97 Å². The van der Waals surface area contributed by atoms with Crippen molar-refractivity contribution in [2.24, 2.45) is 5.92 Å². The summed E-state index contributed by atoms with van der Waals surface area (Å²) < 4.78 is 4.78. The number of aliphatic hydroxyl groups excluding tert-OH is 1. The molecule has 1 fully saturated rings. The summed E-state index contributed by atoms with van der Waals surface area (Å²) in [5.74, 6) is -0.374. The van der Waals surface area contributed by atoms with Crippen molar-refractivity contribution in [3.63, 3.8) is 0 Å². The van der Waals surface area contributed by atoms with E-state index in [9.17, 15) is 4.79 Å². The molecule has 11 heavy (non-hydrogen) atoms. The lowest BCUT2D eigenvalue weighted by molar-refractivity contribution is -0.147. The van der Waals surface area contributed by atoms with Gasteiger partial charge in [-0.1, -0.05) is 0 Å². The zero-order valence-electron chi connectivity index (χ0n) is 6.54. The van der Waals surface area contributed by atoms with Crippen molar-refractivity contribution in [1.82, 2.24) is 5.32 Å². The fourth-order valence-electron chi connectivity index (χ4n) is 1.15. The molecule has 0 aliphatic carbocycles. The number of carbonyl (C=O) groups is 1. The SMILES string of the molecule is CCOC(=O)C1CNC(O)C1. The van der Waals surface area contributed by atoms with E-state index >= 15 is 0 Å². The number of carbonyl (C=O) groups excluding carboxylic acids is 1. The molecule has 0 aromatic rings. The Kier molecular flexibility index (Phi) is 2.84. The van der Waals surface area contributed by atoms with Crippen LogP contribution in [0.15, 0.2) is 0 Å². The minimum atomic E-state index is -0.538. The molecule has 64 valence electrons. The average molecular weight is 159 g/mol. The van der Waals surface area contributed by atoms with Crippen molar-refractivity contribution < 1.29 is 14.6 Å². The number of rotatable bonds is 2. The first kappa shape index (κ1) is 8.49. The van der Waals surface area contributed by atoms with E-state index in [2.05, 4.69) is 5.32 Å². The van der Waals surface area contributed by atoms with E-state index in [4.69, 9.17) is 9.84 Å².